The highest BCUT2D eigenvalue weighted by Gasteiger charge is 2.54. The molecule has 2 N–H and O–H groups in total. The van der Waals surface area contributed by atoms with E-state index in [0.717, 1.165) is 5.56 Å². The Morgan fingerprint density at radius 1 is 0.913 bits per heavy atom. The molecule has 1 unspecified atom stereocenters. The second-order valence-corrected chi connectivity index (χ2v) is 5.54. The van der Waals surface area contributed by atoms with Gasteiger partial charge in [0, 0.05) is 5.92 Å². The van der Waals surface area contributed by atoms with E-state index in [0.29, 0.717) is 18.4 Å². The van der Waals surface area contributed by atoms with Gasteiger partial charge in [-0.15, -0.1) is 0 Å². The summed E-state index contributed by atoms with van der Waals surface area (Å²) in [5, 5.41) is 19.9. The zero-order valence-corrected chi connectivity index (χ0v) is 13.0. The standard InChI is InChI=1S/C19H20O4/c1-2-9-16(14-10-5-3-6-11-14)19(17(20)21,18(22)23)15-12-7-4-8-13-15/h3-8,10-13,16H,2,9H2,1H3,(H,20,21)(H,22,23). The van der Waals surface area contributed by atoms with Gasteiger partial charge in [0.15, 0.2) is 5.41 Å². The molecule has 4 heteroatoms. The van der Waals surface area contributed by atoms with Gasteiger partial charge in [-0.2, -0.15) is 0 Å². The molecule has 0 heterocycles. The summed E-state index contributed by atoms with van der Waals surface area (Å²) in [6, 6.07) is 17.3. The predicted molar refractivity (Wildman–Crippen MR) is 87.5 cm³/mol. The average molecular weight is 312 g/mol. The van der Waals surface area contributed by atoms with E-state index in [1.54, 1.807) is 54.6 Å². The molecular formula is C19H20O4. The number of carboxylic acid groups (broad SMARTS) is 2. The Labute approximate surface area is 135 Å². The summed E-state index contributed by atoms with van der Waals surface area (Å²) in [4.78, 5) is 24.3. The topological polar surface area (TPSA) is 74.6 Å². The predicted octanol–water partition coefficient (Wildman–Crippen LogP) is 3.68. The molecule has 1 atom stereocenters. The molecule has 0 saturated heterocycles. The number of rotatable bonds is 7. The Kier molecular flexibility index (Phi) is 5.16. The van der Waals surface area contributed by atoms with Crippen LogP contribution in [0.3, 0.4) is 0 Å². The molecule has 0 amide bonds. The average Bonchev–Trinajstić information content (AvgIpc) is 2.56. The van der Waals surface area contributed by atoms with Crippen LogP contribution in [0.1, 0.15) is 36.8 Å². The van der Waals surface area contributed by atoms with Crippen molar-refractivity contribution in [2.45, 2.75) is 31.1 Å². The van der Waals surface area contributed by atoms with Crippen LogP contribution in [0.4, 0.5) is 0 Å². The van der Waals surface area contributed by atoms with Crippen molar-refractivity contribution < 1.29 is 19.8 Å². The van der Waals surface area contributed by atoms with Crippen molar-refractivity contribution in [1.29, 1.82) is 0 Å². The van der Waals surface area contributed by atoms with E-state index in [-0.39, 0.29) is 0 Å². The van der Waals surface area contributed by atoms with E-state index in [2.05, 4.69) is 0 Å². The van der Waals surface area contributed by atoms with Gasteiger partial charge in [0.2, 0.25) is 0 Å². The quantitative estimate of drug-likeness (QED) is 0.765. The summed E-state index contributed by atoms with van der Waals surface area (Å²) in [6.07, 6.45) is 1.16. The fourth-order valence-corrected chi connectivity index (χ4v) is 3.15. The maximum atomic E-state index is 12.2. The first-order valence-corrected chi connectivity index (χ1v) is 7.62. The van der Waals surface area contributed by atoms with E-state index < -0.39 is 23.3 Å². The van der Waals surface area contributed by atoms with E-state index in [4.69, 9.17) is 0 Å². The monoisotopic (exact) mass is 312 g/mol. The van der Waals surface area contributed by atoms with Gasteiger partial charge in [-0.05, 0) is 17.5 Å². The van der Waals surface area contributed by atoms with Gasteiger partial charge in [0.25, 0.3) is 0 Å². The molecule has 2 aromatic rings. The smallest absolute Gasteiger partial charge is 0.326 e. The lowest BCUT2D eigenvalue weighted by Crippen LogP contribution is -2.48. The van der Waals surface area contributed by atoms with Gasteiger partial charge in [-0.3, -0.25) is 9.59 Å². The summed E-state index contributed by atoms with van der Waals surface area (Å²) >= 11 is 0. The lowest BCUT2D eigenvalue weighted by Gasteiger charge is -2.34. The van der Waals surface area contributed by atoms with Crippen LogP contribution in [0, 0.1) is 0 Å². The normalized spacial score (nSPS) is 12.6. The molecule has 0 aliphatic heterocycles. The van der Waals surface area contributed by atoms with Gasteiger partial charge in [0.05, 0.1) is 0 Å². The van der Waals surface area contributed by atoms with Crippen LogP contribution in [0.2, 0.25) is 0 Å². The van der Waals surface area contributed by atoms with Gasteiger partial charge >= 0.3 is 11.9 Å². The molecule has 0 radical (unpaired) electrons. The maximum Gasteiger partial charge on any atom is 0.326 e. The molecule has 0 fully saturated rings. The van der Waals surface area contributed by atoms with Gasteiger partial charge < -0.3 is 10.2 Å². The Morgan fingerprint density at radius 2 is 1.39 bits per heavy atom. The number of benzene rings is 2. The SMILES string of the molecule is CCCC(c1ccccc1)C(C(=O)O)(C(=O)O)c1ccccc1. The lowest BCUT2D eigenvalue weighted by atomic mass is 9.66. The Morgan fingerprint density at radius 3 is 1.83 bits per heavy atom. The fourth-order valence-electron chi connectivity index (χ4n) is 3.15. The molecule has 0 spiro atoms. The minimum absolute atomic E-state index is 0.294. The van der Waals surface area contributed by atoms with Gasteiger partial charge in [-0.25, -0.2) is 0 Å². The van der Waals surface area contributed by atoms with Crippen molar-refractivity contribution in [2.24, 2.45) is 0 Å². The van der Waals surface area contributed by atoms with Crippen LogP contribution in [0.25, 0.3) is 0 Å². The van der Waals surface area contributed by atoms with Crippen molar-refractivity contribution >= 4 is 11.9 Å². The van der Waals surface area contributed by atoms with Crippen molar-refractivity contribution in [3.8, 4) is 0 Å². The third-order valence-electron chi connectivity index (χ3n) is 4.21. The summed E-state index contributed by atoms with van der Waals surface area (Å²) in [6.45, 7) is 1.93. The highest BCUT2D eigenvalue weighted by Crippen LogP contribution is 2.43. The number of hydrogen-bond donors (Lipinski definition) is 2. The van der Waals surface area contributed by atoms with Crippen LogP contribution >= 0.6 is 0 Å². The number of carbonyl (C=O) groups is 2. The maximum absolute atomic E-state index is 12.2. The van der Waals surface area contributed by atoms with Crippen molar-refractivity contribution in [1.82, 2.24) is 0 Å². The van der Waals surface area contributed by atoms with E-state index in [9.17, 15) is 19.8 Å². The highest BCUT2D eigenvalue weighted by atomic mass is 16.4. The van der Waals surface area contributed by atoms with Crippen molar-refractivity contribution in [2.75, 3.05) is 0 Å². The molecule has 0 bridgehead atoms. The molecule has 23 heavy (non-hydrogen) atoms. The second kappa shape index (κ2) is 7.09. The largest absolute Gasteiger partial charge is 0.480 e. The lowest BCUT2D eigenvalue weighted by molar-refractivity contribution is -0.159. The van der Waals surface area contributed by atoms with Crippen LogP contribution in [0.5, 0.6) is 0 Å². The number of hydrogen-bond acceptors (Lipinski definition) is 2. The van der Waals surface area contributed by atoms with Crippen LogP contribution in [-0.2, 0) is 15.0 Å². The number of aliphatic carboxylic acids is 2. The van der Waals surface area contributed by atoms with Crippen LogP contribution in [-0.4, -0.2) is 22.2 Å². The number of carboxylic acids is 2. The third kappa shape index (κ3) is 2.97. The summed E-state index contributed by atoms with van der Waals surface area (Å²) in [5.74, 6) is -3.32. The summed E-state index contributed by atoms with van der Waals surface area (Å²) < 4.78 is 0. The fraction of sp³-hybridized carbons (Fsp3) is 0.263. The highest BCUT2D eigenvalue weighted by molar-refractivity contribution is 6.06. The molecule has 0 saturated carbocycles. The van der Waals surface area contributed by atoms with Crippen molar-refractivity contribution in [3.05, 3.63) is 71.8 Å². The molecule has 120 valence electrons. The van der Waals surface area contributed by atoms with Crippen molar-refractivity contribution in [3.63, 3.8) is 0 Å². The van der Waals surface area contributed by atoms with Crippen LogP contribution in [0.15, 0.2) is 60.7 Å². The van der Waals surface area contributed by atoms with Crippen LogP contribution < -0.4 is 0 Å². The minimum atomic E-state index is -2.00. The summed E-state index contributed by atoms with van der Waals surface area (Å²) in [7, 11) is 0. The molecule has 0 aliphatic carbocycles. The molecule has 4 nitrogen and oxygen atoms in total. The van der Waals surface area contributed by atoms with E-state index >= 15 is 0 Å². The third-order valence-corrected chi connectivity index (χ3v) is 4.21. The first kappa shape index (κ1) is 16.7. The zero-order valence-electron chi connectivity index (χ0n) is 13.0. The first-order chi connectivity index (χ1) is 11.0. The molecule has 2 rings (SSSR count). The molecular weight excluding hydrogens is 292 g/mol. The first-order valence-electron chi connectivity index (χ1n) is 7.62. The van der Waals surface area contributed by atoms with Gasteiger partial charge in [0.1, 0.15) is 0 Å². The minimum Gasteiger partial charge on any atom is -0.480 e. The molecule has 2 aromatic carbocycles. The van der Waals surface area contributed by atoms with E-state index in [1.807, 2.05) is 13.0 Å². The Balaban J connectivity index is 2.73. The Bertz CT molecular complexity index is 650. The zero-order chi connectivity index (χ0) is 16.9. The van der Waals surface area contributed by atoms with E-state index in [1.165, 1.54) is 0 Å². The summed E-state index contributed by atoms with van der Waals surface area (Å²) in [5.41, 5.74) is -0.983. The molecule has 0 aliphatic rings. The van der Waals surface area contributed by atoms with Gasteiger partial charge in [-0.1, -0.05) is 74.0 Å². The molecule has 0 aromatic heterocycles. The Hall–Kier alpha value is -2.62. The second-order valence-electron chi connectivity index (χ2n) is 5.54.